The first-order valence-electron chi connectivity index (χ1n) is 9.45. The Morgan fingerprint density at radius 3 is 2.38 bits per heavy atom. The van der Waals surface area contributed by atoms with E-state index in [-0.39, 0.29) is 29.9 Å². The summed E-state index contributed by atoms with van der Waals surface area (Å²) in [7, 11) is 0. The fourth-order valence-corrected chi connectivity index (χ4v) is 3.99. The van der Waals surface area contributed by atoms with Crippen LogP contribution in [0.15, 0.2) is 24.3 Å². The Hall–Kier alpha value is -2.78. The average molecular weight is 411 g/mol. The van der Waals surface area contributed by atoms with Crippen LogP contribution < -0.4 is 15.4 Å². The van der Waals surface area contributed by atoms with Crippen molar-refractivity contribution in [1.29, 1.82) is 0 Å². The van der Waals surface area contributed by atoms with Crippen LogP contribution in [-0.2, 0) is 16.1 Å². The van der Waals surface area contributed by atoms with Gasteiger partial charge in [-0.05, 0) is 43.6 Å². The maximum Gasteiger partial charge on any atom is 0.573 e. The van der Waals surface area contributed by atoms with Gasteiger partial charge in [0.05, 0.1) is 0 Å². The lowest BCUT2D eigenvalue weighted by Crippen LogP contribution is -2.51. The molecule has 1 aromatic rings. The zero-order chi connectivity index (χ0) is 20.8. The van der Waals surface area contributed by atoms with Gasteiger partial charge in [0.2, 0.25) is 5.91 Å². The summed E-state index contributed by atoms with van der Waals surface area (Å²) in [5.41, 5.74) is -0.759. The van der Waals surface area contributed by atoms with E-state index >= 15 is 0 Å². The number of rotatable bonds is 7. The Bertz CT molecular complexity index is 837. The average Bonchev–Trinajstić information content (AvgIpc) is 3.54. The fraction of sp³-hybridized carbons (Fsp3) is 0.526. The summed E-state index contributed by atoms with van der Waals surface area (Å²) in [5.74, 6) is -1.20. The molecule has 2 N–H and O–H groups in total. The number of nitrogens with one attached hydrogen (secondary N) is 2. The van der Waals surface area contributed by atoms with Crippen molar-refractivity contribution in [3.05, 3.63) is 29.8 Å². The Morgan fingerprint density at radius 1 is 1.17 bits per heavy atom. The third-order valence-electron chi connectivity index (χ3n) is 5.58. The zero-order valence-electron chi connectivity index (χ0n) is 15.4. The summed E-state index contributed by atoms with van der Waals surface area (Å²) < 4.78 is 41.4. The molecule has 0 unspecified atom stereocenters. The molecule has 0 aromatic heterocycles. The number of hydrogen-bond donors (Lipinski definition) is 2. The maximum atomic E-state index is 12.9. The zero-order valence-corrected chi connectivity index (χ0v) is 15.4. The van der Waals surface area contributed by atoms with Gasteiger partial charge in [0.1, 0.15) is 17.8 Å². The Morgan fingerprint density at radius 2 is 1.79 bits per heavy atom. The van der Waals surface area contributed by atoms with Crippen LogP contribution in [0.25, 0.3) is 0 Å². The fourth-order valence-electron chi connectivity index (χ4n) is 3.99. The highest BCUT2D eigenvalue weighted by Crippen LogP contribution is 2.54. The second kappa shape index (κ2) is 6.93. The van der Waals surface area contributed by atoms with Crippen molar-refractivity contribution in [3.63, 3.8) is 0 Å². The topological polar surface area (TPSA) is 87.7 Å². The van der Waals surface area contributed by atoms with E-state index in [1.165, 1.54) is 18.2 Å². The number of hydrogen-bond acceptors (Lipinski definition) is 4. The molecular formula is C19H20F3N3O4. The molecule has 3 aliphatic rings. The molecule has 0 radical (unpaired) electrons. The van der Waals surface area contributed by atoms with Crippen LogP contribution in [0.2, 0.25) is 0 Å². The minimum atomic E-state index is -4.85. The van der Waals surface area contributed by atoms with Crippen LogP contribution in [0.1, 0.15) is 31.2 Å². The summed E-state index contributed by atoms with van der Waals surface area (Å²) in [5, 5.41) is 5.27. The largest absolute Gasteiger partial charge is 0.573 e. The Balaban J connectivity index is 1.38. The maximum absolute atomic E-state index is 12.9. The second-order valence-corrected chi connectivity index (χ2v) is 7.67. The van der Waals surface area contributed by atoms with Crippen LogP contribution >= 0.6 is 0 Å². The molecule has 156 valence electrons. The van der Waals surface area contributed by atoms with Gasteiger partial charge in [-0.3, -0.25) is 14.5 Å². The molecular weight excluding hydrogens is 391 g/mol. The third-order valence-corrected chi connectivity index (χ3v) is 5.58. The van der Waals surface area contributed by atoms with Gasteiger partial charge in [0, 0.05) is 12.1 Å². The summed E-state index contributed by atoms with van der Waals surface area (Å²) in [6.45, 7) is -0.709. The summed E-state index contributed by atoms with van der Waals surface area (Å²) >= 11 is 0. The molecule has 4 rings (SSSR count). The summed E-state index contributed by atoms with van der Waals surface area (Å²) in [6, 6.07) is 4.84. The van der Waals surface area contributed by atoms with Gasteiger partial charge in [0.25, 0.3) is 5.91 Å². The van der Waals surface area contributed by atoms with Gasteiger partial charge >= 0.3 is 12.4 Å². The van der Waals surface area contributed by atoms with E-state index in [2.05, 4.69) is 15.4 Å². The van der Waals surface area contributed by atoms with E-state index in [0.29, 0.717) is 0 Å². The van der Waals surface area contributed by atoms with Gasteiger partial charge in [-0.25, -0.2) is 4.79 Å². The van der Waals surface area contributed by atoms with Crippen molar-refractivity contribution in [1.82, 2.24) is 15.5 Å². The van der Waals surface area contributed by atoms with Gasteiger partial charge in [-0.15, -0.1) is 13.2 Å². The van der Waals surface area contributed by atoms with Crippen LogP contribution in [-0.4, -0.2) is 41.2 Å². The van der Waals surface area contributed by atoms with E-state index in [1.807, 2.05) is 0 Å². The van der Waals surface area contributed by atoms with Gasteiger partial charge in [-0.2, -0.15) is 0 Å². The molecule has 1 aliphatic heterocycles. The molecule has 3 fully saturated rings. The van der Waals surface area contributed by atoms with Crippen molar-refractivity contribution >= 4 is 17.8 Å². The number of nitrogens with zero attached hydrogens (tertiary/aromatic N) is 1. The van der Waals surface area contributed by atoms with E-state index in [1.54, 1.807) is 0 Å². The molecule has 1 heterocycles. The number of alkyl halides is 3. The second-order valence-electron chi connectivity index (χ2n) is 7.67. The molecule has 1 aromatic carbocycles. The third kappa shape index (κ3) is 3.88. The lowest BCUT2D eigenvalue weighted by molar-refractivity contribution is -0.274. The highest BCUT2D eigenvalue weighted by atomic mass is 19.4. The lowest BCUT2D eigenvalue weighted by atomic mass is 9.87. The van der Waals surface area contributed by atoms with E-state index in [0.717, 1.165) is 36.6 Å². The minimum absolute atomic E-state index is 0.117. The predicted octanol–water partition coefficient (Wildman–Crippen LogP) is 2.31. The van der Waals surface area contributed by atoms with Gasteiger partial charge in [0.15, 0.2) is 0 Å². The SMILES string of the molecule is O=C(CN1C(=O)NC(C2CC2)(C2CC2)C1=O)NCc1ccccc1OC(F)(F)F. The normalized spacial score (nSPS) is 21.1. The standard InChI is InChI=1S/C19H20F3N3O4/c20-19(21,22)29-14-4-2-1-3-11(14)9-23-15(26)10-25-16(27)18(12-5-6-12,13-7-8-13)24-17(25)28/h1-4,12-13H,5-10H2,(H,23,26)(H,24,28). The summed E-state index contributed by atoms with van der Waals surface area (Å²) in [6.07, 6.45) is -1.36. The molecule has 10 heteroatoms. The first-order chi connectivity index (χ1) is 13.7. The van der Waals surface area contributed by atoms with Crippen molar-refractivity contribution in [2.24, 2.45) is 11.8 Å². The van der Waals surface area contributed by atoms with Crippen LogP contribution in [0.4, 0.5) is 18.0 Å². The first kappa shape index (κ1) is 19.5. The van der Waals surface area contributed by atoms with Crippen molar-refractivity contribution in [3.8, 4) is 5.75 Å². The van der Waals surface area contributed by atoms with Crippen molar-refractivity contribution in [2.45, 2.75) is 44.1 Å². The minimum Gasteiger partial charge on any atom is -0.405 e. The van der Waals surface area contributed by atoms with E-state index in [4.69, 9.17) is 0 Å². The van der Waals surface area contributed by atoms with Crippen LogP contribution in [0.5, 0.6) is 5.75 Å². The van der Waals surface area contributed by atoms with Crippen molar-refractivity contribution in [2.75, 3.05) is 6.54 Å². The number of imide groups is 1. The van der Waals surface area contributed by atoms with Crippen molar-refractivity contribution < 1.29 is 32.3 Å². The van der Waals surface area contributed by atoms with Gasteiger partial charge in [-0.1, -0.05) is 18.2 Å². The molecule has 0 bridgehead atoms. The predicted molar refractivity (Wildman–Crippen MR) is 93.4 cm³/mol. The molecule has 1 saturated heterocycles. The molecule has 7 nitrogen and oxygen atoms in total. The molecule has 29 heavy (non-hydrogen) atoms. The number of benzene rings is 1. The number of amides is 4. The first-order valence-corrected chi connectivity index (χ1v) is 9.45. The monoisotopic (exact) mass is 411 g/mol. The quantitative estimate of drug-likeness (QED) is 0.674. The number of halogens is 3. The molecule has 0 spiro atoms. The van der Waals surface area contributed by atoms with E-state index < -0.39 is 36.1 Å². The number of carbonyl (C=O) groups excluding carboxylic acids is 3. The number of urea groups is 1. The molecule has 4 amide bonds. The Labute approximate surface area is 164 Å². The van der Waals surface area contributed by atoms with E-state index in [9.17, 15) is 27.6 Å². The lowest BCUT2D eigenvalue weighted by Gasteiger charge is -2.26. The smallest absolute Gasteiger partial charge is 0.405 e. The molecule has 2 aliphatic carbocycles. The highest BCUT2D eigenvalue weighted by Gasteiger charge is 2.65. The highest BCUT2D eigenvalue weighted by molar-refractivity contribution is 6.09. The molecule has 2 saturated carbocycles. The van der Waals surface area contributed by atoms with Crippen LogP contribution in [0.3, 0.4) is 0 Å². The number of ether oxygens (including phenoxy) is 1. The number of carbonyl (C=O) groups is 3. The van der Waals surface area contributed by atoms with Crippen LogP contribution in [0, 0.1) is 11.8 Å². The summed E-state index contributed by atoms with van der Waals surface area (Å²) in [4.78, 5) is 38.5. The number of para-hydroxylation sites is 1. The Kier molecular flexibility index (Phi) is 4.66. The van der Waals surface area contributed by atoms with Gasteiger partial charge < -0.3 is 15.4 Å². The molecule has 0 atom stereocenters.